The number of amides is 1. The van der Waals surface area contributed by atoms with Crippen LogP contribution in [0.3, 0.4) is 0 Å². The van der Waals surface area contributed by atoms with Crippen LogP contribution in [0.5, 0.6) is 11.5 Å². The Morgan fingerprint density at radius 1 is 1.17 bits per heavy atom. The molecule has 11 heteroatoms. The van der Waals surface area contributed by atoms with E-state index in [9.17, 15) is 18.3 Å². The molecule has 0 aromatic heterocycles. The minimum Gasteiger partial charge on any atom is -0.493 e. The summed E-state index contributed by atoms with van der Waals surface area (Å²) in [4.78, 5) is 15.3. The quantitative estimate of drug-likeness (QED) is 0.360. The molecule has 3 unspecified atom stereocenters. The average molecular weight is 614 g/mol. The molecule has 2 heterocycles. The van der Waals surface area contributed by atoms with Crippen LogP contribution in [0.1, 0.15) is 36.9 Å². The van der Waals surface area contributed by atoms with Crippen molar-refractivity contribution in [2.45, 2.75) is 44.9 Å². The molecule has 4 atom stereocenters. The van der Waals surface area contributed by atoms with Crippen molar-refractivity contribution in [2.24, 2.45) is 5.92 Å². The Morgan fingerprint density at radius 2 is 1.88 bits per heavy atom. The van der Waals surface area contributed by atoms with Gasteiger partial charge in [-0.2, -0.15) is 0 Å². The molecule has 0 saturated carbocycles. The summed E-state index contributed by atoms with van der Waals surface area (Å²) in [5, 5.41) is 14.5. The molecule has 42 heavy (non-hydrogen) atoms. The van der Waals surface area contributed by atoms with Crippen molar-refractivity contribution in [3.05, 3.63) is 94.2 Å². The van der Waals surface area contributed by atoms with Crippen molar-refractivity contribution in [1.82, 2.24) is 14.9 Å². The summed E-state index contributed by atoms with van der Waals surface area (Å²) in [6.07, 6.45) is 5.71. The first-order chi connectivity index (χ1) is 20.1. The fourth-order valence-corrected chi connectivity index (χ4v) is 6.29. The molecule has 0 bridgehead atoms. The van der Waals surface area contributed by atoms with E-state index in [0.29, 0.717) is 29.5 Å². The maximum absolute atomic E-state index is 13.5. The third kappa shape index (κ3) is 7.00. The second kappa shape index (κ2) is 12.9. The molecule has 2 aliphatic heterocycles. The number of aryl methyl sites for hydroxylation is 1. The second-order valence-electron chi connectivity index (χ2n) is 10.7. The van der Waals surface area contributed by atoms with E-state index in [1.807, 2.05) is 49.4 Å². The average Bonchev–Trinajstić information content (AvgIpc) is 3.35. The fraction of sp³-hybridized carbons (Fsp3) is 0.387. The van der Waals surface area contributed by atoms with Crippen LogP contribution in [0, 0.1) is 12.8 Å². The number of ether oxygens (including phenoxy) is 2. The molecule has 9 nitrogen and oxygen atoms in total. The van der Waals surface area contributed by atoms with Crippen molar-refractivity contribution < 1.29 is 27.8 Å². The van der Waals surface area contributed by atoms with Gasteiger partial charge in [-0.05, 0) is 61.7 Å². The molecule has 5 rings (SSSR count). The van der Waals surface area contributed by atoms with Gasteiger partial charge in [-0.1, -0.05) is 53.6 Å². The van der Waals surface area contributed by atoms with Gasteiger partial charge in [-0.25, -0.2) is 17.9 Å². The molecular weight excluding hydrogens is 578 g/mol. The summed E-state index contributed by atoms with van der Waals surface area (Å²) in [5.41, 5.74) is 4.20. The number of nitrogens with one attached hydrogen (secondary N) is 2. The van der Waals surface area contributed by atoms with Crippen LogP contribution in [0.15, 0.2) is 83.1 Å². The SMILES string of the molecule is CCS(=O)(=O)NCC(O)CCOc1ccc([C@H]2C3=C(CCN2C(=O)Oc2ccc(C)cc2)C2C=C(Cl)C=CC2N3)cc1. The van der Waals surface area contributed by atoms with Crippen molar-refractivity contribution in [2.75, 3.05) is 25.4 Å². The number of halogens is 1. The van der Waals surface area contributed by atoms with Gasteiger partial charge in [0.15, 0.2) is 0 Å². The normalized spacial score (nSPS) is 22.1. The third-order valence-corrected chi connectivity index (χ3v) is 9.38. The molecule has 0 radical (unpaired) electrons. The molecule has 1 amide bonds. The highest BCUT2D eigenvalue weighted by atomic mass is 35.5. The minimum absolute atomic E-state index is 0.0406. The van der Waals surface area contributed by atoms with E-state index < -0.39 is 22.2 Å². The number of hydrogen-bond acceptors (Lipinski definition) is 7. The number of sulfonamides is 1. The van der Waals surface area contributed by atoms with Gasteiger partial charge in [0, 0.05) is 36.2 Å². The van der Waals surface area contributed by atoms with Crippen LogP contribution in [0.25, 0.3) is 0 Å². The largest absolute Gasteiger partial charge is 0.493 e. The van der Waals surface area contributed by atoms with Gasteiger partial charge in [-0.15, -0.1) is 0 Å². The number of rotatable bonds is 10. The van der Waals surface area contributed by atoms with Crippen LogP contribution in [-0.4, -0.2) is 62.1 Å². The van der Waals surface area contributed by atoms with E-state index in [1.54, 1.807) is 17.0 Å². The third-order valence-electron chi connectivity index (χ3n) is 7.76. The van der Waals surface area contributed by atoms with Gasteiger partial charge in [-0.3, -0.25) is 4.90 Å². The van der Waals surface area contributed by atoms with Gasteiger partial charge in [0.2, 0.25) is 10.0 Å². The number of aliphatic hydroxyl groups is 1. The Bertz CT molecular complexity index is 1490. The van der Waals surface area contributed by atoms with E-state index in [-0.39, 0.29) is 43.3 Å². The number of allylic oxidation sites excluding steroid dienone is 2. The lowest BCUT2D eigenvalue weighted by Gasteiger charge is -2.37. The molecular formula is C31H36ClN3O6S. The summed E-state index contributed by atoms with van der Waals surface area (Å²) in [7, 11) is -3.36. The van der Waals surface area contributed by atoms with Crippen molar-refractivity contribution in [3.63, 3.8) is 0 Å². The Balaban J connectivity index is 1.31. The molecule has 224 valence electrons. The highest BCUT2D eigenvalue weighted by Gasteiger charge is 2.43. The number of carbonyl (C=O) groups is 1. The lowest BCUT2D eigenvalue weighted by atomic mass is 9.85. The van der Waals surface area contributed by atoms with Crippen LogP contribution >= 0.6 is 11.6 Å². The number of nitrogens with zero attached hydrogens (tertiary/aromatic N) is 1. The van der Waals surface area contributed by atoms with Crippen LogP contribution in [0.4, 0.5) is 4.79 Å². The van der Waals surface area contributed by atoms with Gasteiger partial charge in [0.05, 0.1) is 24.5 Å². The number of aliphatic hydroxyl groups excluding tert-OH is 1. The highest BCUT2D eigenvalue weighted by molar-refractivity contribution is 7.89. The number of benzene rings is 2. The predicted octanol–water partition coefficient (Wildman–Crippen LogP) is 4.54. The molecule has 3 N–H and O–H groups in total. The first-order valence-electron chi connectivity index (χ1n) is 14.1. The molecule has 3 aliphatic rings. The standard InChI is InChI=1S/C31H36ClN3O6S/c1-3-42(38,39)33-19-23(36)15-17-40-24-11-6-21(7-12-24)30-29-26(27-18-22(32)8-13-28(27)34-29)14-16-35(30)31(37)41-25-9-4-20(2)5-10-25/h4-13,18,23,27-28,30,33-34,36H,3,14-17,19H2,1-2H3/t23?,27?,28?,30-/m0/s1. The van der Waals surface area contributed by atoms with Gasteiger partial charge in [0.1, 0.15) is 17.5 Å². The maximum atomic E-state index is 13.5. The van der Waals surface area contributed by atoms with Gasteiger partial charge in [0.25, 0.3) is 0 Å². The molecule has 2 aromatic rings. The summed E-state index contributed by atoms with van der Waals surface area (Å²) in [6.45, 7) is 4.17. The molecule has 1 aliphatic carbocycles. The molecule has 0 fully saturated rings. The zero-order valence-corrected chi connectivity index (χ0v) is 25.2. The zero-order valence-electron chi connectivity index (χ0n) is 23.6. The fourth-order valence-electron chi connectivity index (χ4n) is 5.43. The lowest BCUT2D eigenvalue weighted by Crippen LogP contribution is -2.43. The molecule has 0 saturated heterocycles. The monoisotopic (exact) mass is 613 g/mol. The summed E-state index contributed by atoms with van der Waals surface area (Å²) >= 11 is 6.35. The Hall–Kier alpha value is -3.31. The van der Waals surface area contributed by atoms with E-state index in [4.69, 9.17) is 21.1 Å². The Kier molecular flexibility index (Phi) is 9.27. The number of fused-ring (bicyclic) bond motifs is 2. The maximum Gasteiger partial charge on any atom is 0.416 e. The van der Waals surface area contributed by atoms with Gasteiger partial charge < -0.3 is 19.9 Å². The number of hydrogen-bond donors (Lipinski definition) is 3. The van der Waals surface area contributed by atoms with E-state index in [1.165, 1.54) is 12.5 Å². The highest BCUT2D eigenvalue weighted by Crippen LogP contribution is 2.45. The van der Waals surface area contributed by atoms with Crippen LogP contribution in [0.2, 0.25) is 0 Å². The van der Waals surface area contributed by atoms with Crippen molar-refractivity contribution in [3.8, 4) is 11.5 Å². The lowest BCUT2D eigenvalue weighted by molar-refractivity contribution is 0.134. The van der Waals surface area contributed by atoms with Crippen LogP contribution < -0.4 is 19.5 Å². The zero-order chi connectivity index (χ0) is 29.9. The Morgan fingerprint density at radius 3 is 2.60 bits per heavy atom. The van der Waals surface area contributed by atoms with E-state index in [0.717, 1.165) is 16.8 Å². The second-order valence-corrected chi connectivity index (χ2v) is 13.2. The topological polar surface area (TPSA) is 117 Å². The first kappa shape index (κ1) is 30.2. The van der Waals surface area contributed by atoms with Crippen molar-refractivity contribution in [1.29, 1.82) is 0 Å². The van der Waals surface area contributed by atoms with Crippen molar-refractivity contribution >= 4 is 27.7 Å². The van der Waals surface area contributed by atoms with E-state index in [2.05, 4.69) is 22.2 Å². The minimum atomic E-state index is -3.36. The molecule has 2 aromatic carbocycles. The van der Waals surface area contributed by atoms with Gasteiger partial charge >= 0.3 is 6.09 Å². The summed E-state index contributed by atoms with van der Waals surface area (Å²) in [5.74, 6) is 1.18. The number of carbonyl (C=O) groups excluding carboxylic acids is 1. The molecule has 0 spiro atoms. The smallest absolute Gasteiger partial charge is 0.416 e. The Labute approximate surface area is 251 Å². The summed E-state index contributed by atoms with van der Waals surface area (Å²) < 4.78 is 37.1. The summed E-state index contributed by atoms with van der Waals surface area (Å²) in [6, 6.07) is 14.6. The predicted molar refractivity (Wildman–Crippen MR) is 162 cm³/mol. The first-order valence-corrected chi connectivity index (χ1v) is 16.1. The van der Waals surface area contributed by atoms with E-state index >= 15 is 0 Å². The van der Waals surface area contributed by atoms with Crippen LogP contribution in [-0.2, 0) is 10.0 Å².